The normalized spacial score (nSPS) is 14.4. The van der Waals surface area contributed by atoms with E-state index in [1.807, 2.05) is 12.5 Å². The minimum Gasteiger partial charge on any atom is -0.362 e. The molecule has 2 aromatic heterocycles. The van der Waals surface area contributed by atoms with E-state index in [1.54, 1.807) is 11.3 Å². The predicted octanol–water partition coefficient (Wildman–Crippen LogP) is 3.09. The molecule has 0 aliphatic heterocycles. The van der Waals surface area contributed by atoms with Gasteiger partial charge in [0.2, 0.25) is 0 Å². The van der Waals surface area contributed by atoms with E-state index in [9.17, 15) is 0 Å². The Balaban J connectivity index is 1.71. The van der Waals surface area contributed by atoms with Gasteiger partial charge in [-0.15, -0.1) is 11.3 Å². The Hall–Kier alpha value is -1.36. The molecule has 0 radical (unpaired) electrons. The van der Waals surface area contributed by atoms with Gasteiger partial charge in [-0.25, -0.2) is 9.97 Å². The molecular weight excluding hydrogens is 256 g/mol. The van der Waals surface area contributed by atoms with Crippen molar-refractivity contribution in [3.8, 4) is 0 Å². The Bertz CT molecular complexity index is 543. The average molecular weight is 276 g/mol. The summed E-state index contributed by atoms with van der Waals surface area (Å²) in [5.41, 5.74) is 2.74. The highest BCUT2D eigenvalue weighted by molar-refractivity contribution is 7.15. The van der Waals surface area contributed by atoms with Crippen LogP contribution in [-0.4, -0.2) is 21.1 Å². The number of rotatable bonds is 5. The number of thiazole rings is 1. The lowest BCUT2D eigenvalue weighted by molar-refractivity contribution is 0.630. The second-order valence-corrected chi connectivity index (χ2v) is 6.15. The molecule has 2 aromatic rings. The summed E-state index contributed by atoms with van der Waals surface area (Å²) in [4.78, 5) is 10.3. The molecule has 0 amide bonds. The van der Waals surface area contributed by atoms with Crippen LogP contribution in [0.4, 0.5) is 5.13 Å². The van der Waals surface area contributed by atoms with Crippen molar-refractivity contribution < 1.29 is 0 Å². The summed E-state index contributed by atoms with van der Waals surface area (Å²) in [6, 6.07) is 0. The molecule has 0 bridgehead atoms. The van der Waals surface area contributed by atoms with Gasteiger partial charge < -0.3 is 9.88 Å². The van der Waals surface area contributed by atoms with E-state index in [-0.39, 0.29) is 0 Å². The lowest BCUT2D eigenvalue weighted by atomic mass is 10.0. The fourth-order valence-electron chi connectivity index (χ4n) is 2.53. The molecule has 0 aromatic carbocycles. The van der Waals surface area contributed by atoms with Crippen LogP contribution < -0.4 is 5.32 Å². The fourth-order valence-corrected chi connectivity index (χ4v) is 3.37. The number of hydrogen-bond donors (Lipinski definition) is 1. The highest BCUT2D eigenvalue weighted by atomic mass is 32.1. The number of imidazole rings is 1. The number of nitrogens with one attached hydrogen (secondary N) is 1. The molecule has 3 rings (SSSR count). The van der Waals surface area contributed by atoms with E-state index in [4.69, 9.17) is 0 Å². The number of nitrogens with zero attached hydrogens (tertiary/aromatic N) is 3. The number of aromatic nitrogens is 3. The molecule has 0 saturated carbocycles. The highest BCUT2D eigenvalue weighted by Gasteiger charge is 2.15. The lowest BCUT2D eigenvalue weighted by Crippen LogP contribution is -2.08. The van der Waals surface area contributed by atoms with Crippen LogP contribution in [0.15, 0.2) is 12.5 Å². The van der Waals surface area contributed by atoms with E-state index in [1.165, 1.54) is 35.5 Å². The van der Waals surface area contributed by atoms with Crippen LogP contribution in [0, 0.1) is 0 Å². The molecule has 19 heavy (non-hydrogen) atoms. The van der Waals surface area contributed by atoms with Gasteiger partial charge in [-0.05, 0) is 32.1 Å². The summed E-state index contributed by atoms with van der Waals surface area (Å²) in [5.74, 6) is 0. The van der Waals surface area contributed by atoms with Crippen molar-refractivity contribution in [1.82, 2.24) is 14.5 Å². The summed E-state index contributed by atoms with van der Waals surface area (Å²) in [5, 5.41) is 4.37. The number of aryl methyl sites for hydroxylation is 1. The molecule has 0 unspecified atom stereocenters. The van der Waals surface area contributed by atoms with Gasteiger partial charge in [0, 0.05) is 23.3 Å². The average Bonchev–Trinajstić information content (AvgIpc) is 3.05. The van der Waals surface area contributed by atoms with E-state index in [2.05, 4.69) is 26.8 Å². The van der Waals surface area contributed by atoms with Crippen molar-refractivity contribution in [3.63, 3.8) is 0 Å². The fraction of sp³-hybridized carbons (Fsp3) is 0.571. The minimum absolute atomic E-state index is 0.911. The third-order valence-electron chi connectivity index (χ3n) is 3.52. The molecule has 102 valence electrons. The van der Waals surface area contributed by atoms with Gasteiger partial charge in [0.05, 0.1) is 18.6 Å². The summed E-state index contributed by atoms with van der Waals surface area (Å²) >= 11 is 1.75. The van der Waals surface area contributed by atoms with Crippen molar-refractivity contribution in [2.75, 3.05) is 11.9 Å². The van der Waals surface area contributed by atoms with E-state index in [0.717, 1.165) is 31.1 Å². The first-order valence-electron chi connectivity index (χ1n) is 7.08. The van der Waals surface area contributed by atoms with Gasteiger partial charge in [0.15, 0.2) is 5.13 Å². The van der Waals surface area contributed by atoms with Crippen molar-refractivity contribution in [2.24, 2.45) is 0 Å². The number of hydrogen-bond acceptors (Lipinski definition) is 4. The zero-order valence-electron chi connectivity index (χ0n) is 11.4. The van der Waals surface area contributed by atoms with Crippen LogP contribution in [0.25, 0.3) is 0 Å². The molecule has 0 fully saturated rings. The zero-order valence-corrected chi connectivity index (χ0v) is 12.2. The Morgan fingerprint density at radius 1 is 1.32 bits per heavy atom. The molecule has 0 atom stereocenters. The molecule has 0 spiro atoms. The quantitative estimate of drug-likeness (QED) is 0.912. The van der Waals surface area contributed by atoms with Gasteiger partial charge in [0.1, 0.15) is 0 Å². The van der Waals surface area contributed by atoms with Crippen molar-refractivity contribution >= 4 is 16.5 Å². The van der Waals surface area contributed by atoms with Crippen LogP contribution in [0.1, 0.15) is 42.5 Å². The first-order valence-corrected chi connectivity index (χ1v) is 7.90. The van der Waals surface area contributed by atoms with Crippen molar-refractivity contribution in [2.45, 2.75) is 45.6 Å². The van der Waals surface area contributed by atoms with E-state index >= 15 is 0 Å². The number of anilines is 1. The monoisotopic (exact) mass is 276 g/mol. The largest absolute Gasteiger partial charge is 0.362 e. The molecule has 4 nitrogen and oxygen atoms in total. The Labute approximate surface area is 117 Å². The smallest absolute Gasteiger partial charge is 0.182 e. The maximum Gasteiger partial charge on any atom is 0.182 e. The van der Waals surface area contributed by atoms with Gasteiger partial charge in [0.25, 0.3) is 0 Å². The Morgan fingerprint density at radius 2 is 2.21 bits per heavy atom. The molecular formula is C14H20N4S. The molecule has 5 heteroatoms. The number of fused-ring (bicyclic) bond motifs is 1. The third-order valence-corrected chi connectivity index (χ3v) is 4.46. The minimum atomic E-state index is 0.911. The second kappa shape index (κ2) is 5.74. The molecule has 1 aliphatic rings. The summed E-state index contributed by atoms with van der Waals surface area (Å²) in [6.45, 7) is 4.07. The molecule has 1 aliphatic carbocycles. The molecule has 0 saturated heterocycles. The van der Waals surface area contributed by atoms with Gasteiger partial charge in [-0.2, -0.15) is 0 Å². The van der Waals surface area contributed by atoms with Crippen LogP contribution in [-0.2, 0) is 19.4 Å². The second-order valence-electron chi connectivity index (χ2n) is 5.03. The predicted molar refractivity (Wildman–Crippen MR) is 78.9 cm³/mol. The topological polar surface area (TPSA) is 42.7 Å². The van der Waals surface area contributed by atoms with E-state index < -0.39 is 0 Å². The first-order chi connectivity index (χ1) is 9.36. The standard InChI is InChI=1S/C14H20N4S/c1-2-7-15-14-16-8-11(19-14)9-18-10-17-12-5-3-4-6-13(12)18/h8,10H,2-7,9H2,1H3,(H,15,16). The first kappa shape index (κ1) is 12.7. The van der Waals surface area contributed by atoms with Crippen LogP contribution in [0.2, 0.25) is 0 Å². The zero-order chi connectivity index (χ0) is 13.1. The maximum atomic E-state index is 4.54. The third kappa shape index (κ3) is 2.81. The highest BCUT2D eigenvalue weighted by Crippen LogP contribution is 2.23. The Kier molecular flexibility index (Phi) is 3.82. The van der Waals surface area contributed by atoms with Gasteiger partial charge in [-0.3, -0.25) is 0 Å². The van der Waals surface area contributed by atoms with Crippen LogP contribution >= 0.6 is 11.3 Å². The molecule has 1 N–H and O–H groups in total. The summed E-state index contributed by atoms with van der Waals surface area (Å²) in [6.07, 6.45) is 10.0. The summed E-state index contributed by atoms with van der Waals surface area (Å²) in [7, 11) is 0. The van der Waals surface area contributed by atoms with Crippen molar-refractivity contribution in [3.05, 3.63) is 28.8 Å². The van der Waals surface area contributed by atoms with E-state index in [0.29, 0.717) is 0 Å². The van der Waals surface area contributed by atoms with Crippen LogP contribution in [0.3, 0.4) is 0 Å². The van der Waals surface area contributed by atoms with Gasteiger partial charge in [-0.1, -0.05) is 6.92 Å². The maximum absolute atomic E-state index is 4.54. The lowest BCUT2D eigenvalue weighted by Gasteiger charge is -2.13. The van der Waals surface area contributed by atoms with Crippen molar-refractivity contribution in [1.29, 1.82) is 0 Å². The molecule has 2 heterocycles. The van der Waals surface area contributed by atoms with Gasteiger partial charge >= 0.3 is 0 Å². The Morgan fingerprint density at radius 3 is 3.11 bits per heavy atom. The SMILES string of the molecule is CCCNc1ncc(Cn2cnc3c2CCCC3)s1. The van der Waals surface area contributed by atoms with Crippen LogP contribution in [0.5, 0.6) is 0 Å². The summed E-state index contributed by atoms with van der Waals surface area (Å²) < 4.78 is 2.30.